The standard InChI is InChI=1S/C11H17N5O3/c1-2-3-8(10(17)18)13-11(19)15-4-5-16-7-12-14-9(16)6-15/h7-8H,2-6H2,1H3,(H,13,19)(H,17,18)/t8-/m0/s1. The second-order valence-corrected chi connectivity index (χ2v) is 4.49. The van der Waals surface area contributed by atoms with Crippen molar-refractivity contribution in [2.75, 3.05) is 6.54 Å². The van der Waals surface area contributed by atoms with E-state index >= 15 is 0 Å². The second-order valence-electron chi connectivity index (χ2n) is 4.49. The van der Waals surface area contributed by atoms with Crippen LogP contribution in [0.2, 0.25) is 0 Å². The molecule has 2 N–H and O–H groups in total. The van der Waals surface area contributed by atoms with Gasteiger partial charge in [-0.1, -0.05) is 13.3 Å². The Bertz CT molecular complexity index is 473. The quantitative estimate of drug-likeness (QED) is 0.803. The molecule has 1 aliphatic heterocycles. The molecule has 2 rings (SSSR count). The molecule has 0 aromatic carbocycles. The van der Waals surface area contributed by atoms with Crippen LogP contribution in [0.25, 0.3) is 0 Å². The molecule has 0 fully saturated rings. The van der Waals surface area contributed by atoms with Crippen LogP contribution in [0.5, 0.6) is 0 Å². The lowest BCUT2D eigenvalue weighted by Crippen LogP contribution is -2.49. The van der Waals surface area contributed by atoms with Crippen LogP contribution in [0.4, 0.5) is 4.79 Å². The van der Waals surface area contributed by atoms with E-state index in [1.165, 1.54) is 0 Å². The van der Waals surface area contributed by atoms with Crippen LogP contribution in [0.15, 0.2) is 6.33 Å². The summed E-state index contributed by atoms with van der Waals surface area (Å²) < 4.78 is 1.88. The lowest BCUT2D eigenvalue weighted by Gasteiger charge is -2.28. The van der Waals surface area contributed by atoms with Crippen LogP contribution in [0, 0.1) is 0 Å². The first kappa shape index (κ1) is 13.3. The van der Waals surface area contributed by atoms with Crippen molar-refractivity contribution in [2.45, 2.75) is 38.9 Å². The molecule has 0 bridgehead atoms. The van der Waals surface area contributed by atoms with E-state index in [4.69, 9.17) is 5.11 Å². The Kier molecular flexibility index (Phi) is 3.98. The number of aliphatic carboxylic acids is 1. The molecule has 0 saturated heterocycles. The number of carboxylic acid groups (broad SMARTS) is 1. The normalized spacial score (nSPS) is 15.7. The van der Waals surface area contributed by atoms with Gasteiger partial charge in [-0.05, 0) is 6.42 Å². The molecule has 0 radical (unpaired) electrons. The highest BCUT2D eigenvalue weighted by Crippen LogP contribution is 2.09. The van der Waals surface area contributed by atoms with E-state index < -0.39 is 12.0 Å². The number of carboxylic acids is 1. The molecule has 19 heavy (non-hydrogen) atoms. The SMILES string of the molecule is CCC[C@H](NC(=O)N1CCn2cnnc2C1)C(=O)O. The van der Waals surface area contributed by atoms with Gasteiger partial charge in [0.05, 0.1) is 6.54 Å². The van der Waals surface area contributed by atoms with Crippen molar-refractivity contribution in [3.63, 3.8) is 0 Å². The van der Waals surface area contributed by atoms with Gasteiger partial charge in [0.2, 0.25) is 0 Å². The lowest BCUT2D eigenvalue weighted by atomic mass is 10.2. The van der Waals surface area contributed by atoms with Gasteiger partial charge in [0.15, 0.2) is 5.82 Å². The monoisotopic (exact) mass is 267 g/mol. The average Bonchev–Trinajstić information content (AvgIpc) is 2.85. The smallest absolute Gasteiger partial charge is 0.326 e. The number of amides is 2. The molecule has 1 aromatic rings. The molecule has 0 spiro atoms. The number of nitrogens with zero attached hydrogens (tertiary/aromatic N) is 4. The lowest BCUT2D eigenvalue weighted by molar-refractivity contribution is -0.139. The molecule has 0 saturated carbocycles. The van der Waals surface area contributed by atoms with Gasteiger partial charge in [-0.25, -0.2) is 9.59 Å². The number of urea groups is 1. The maximum absolute atomic E-state index is 12.0. The minimum Gasteiger partial charge on any atom is -0.480 e. The first-order valence-electron chi connectivity index (χ1n) is 6.26. The van der Waals surface area contributed by atoms with Gasteiger partial charge in [0.25, 0.3) is 0 Å². The zero-order valence-electron chi connectivity index (χ0n) is 10.7. The van der Waals surface area contributed by atoms with Crippen LogP contribution >= 0.6 is 0 Å². The number of fused-ring (bicyclic) bond motifs is 1. The van der Waals surface area contributed by atoms with Gasteiger partial charge in [0, 0.05) is 13.1 Å². The molecule has 2 heterocycles. The third-order valence-electron chi connectivity index (χ3n) is 3.10. The zero-order chi connectivity index (χ0) is 13.8. The number of hydrogen-bond acceptors (Lipinski definition) is 4. The van der Waals surface area contributed by atoms with Gasteiger partial charge in [-0.2, -0.15) is 0 Å². The van der Waals surface area contributed by atoms with Gasteiger partial charge < -0.3 is 19.9 Å². The molecule has 0 unspecified atom stereocenters. The van der Waals surface area contributed by atoms with Crippen molar-refractivity contribution < 1.29 is 14.7 Å². The van der Waals surface area contributed by atoms with E-state index in [9.17, 15) is 9.59 Å². The van der Waals surface area contributed by atoms with Crippen LogP contribution < -0.4 is 5.32 Å². The molecular weight excluding hydrogens is 250 g/mol. The van der Waals surface area contributed by atoms with Crippen molar-refractivity contribution in [1.29, 1.82) is 0 Å². The highest BCUT2D eigenvalue weighted by atomic mass is 16.4. The van der Waals surface area contributed by atoms with Crippen molar-refractivity contribution in [3.8, 4) is 0 Å². The fourth-order valence-corrected chi connectivity index (χ4v) is 2.03. The highest BCUT2D eigenvalue weighted by molar-refractivity contribution is 5.82. The van der Waals surface area contributed by atoms with Crippen molar-refractivity contribution >= 4 is 12.0 Å². The molecule has 8 heteroatoms. The first-order valence-corrected chi connectivity index (χ1v) is 6.26. The van der Waals surface area contributed by atoms with E-state index in [0.29, 0.717) is 38.3 Å². The number of rotatable bonds is 4. The zero-order valence-corrected chi connectivity index (χ0v) is 10.7. The predicted molar refractivity (Wildman–Crippen MR) is 65.3 cm³/mol. The number of aromatic nitrogens is 3. The van der Waals surface area contributed by atoms with E-state index in [1.54, 1.807) is 11.2 Å². The van der Waals surface area contributed by atoms with Gasteiger partial charge >= 0.3 is 12.0 Å². The average molecular weight is 267 g/mol. The Balaban J connectivity index is 1.95. The number of nitrogens with one attached hydrogen (secondary N) is 1. The van der Waals surface area contributed by atoms with Crippen LogP contribution in [0.1, 0.15) is 25.6 Å². The molecule has 8 nitrogen and oxygen atoms in total. The maximum atomic E-state index is 12.0. The summed E-state index contributed by atoms with van der Waals surface area (Å²) in [5.41, 5.74) is 0. The van der Waals surface area contributed by atoms with Crippen LogP contribution in [-0.2, 0) is 17.9 Å². The Labute approximate surface area is 110 Å². The fourth-order valence-electron chi connectivity index (χ4n) is 2.03. The summed E-state index contributed by atoms with van der Waals surface area (Å²) >= 11 is 0. The van der Waals surface area contributed by atoms with Gasteiger partial charge in [-0.15, -0.1) is 10.2 Å². The summed E-state index contributed by atoms with van der Waals surface area (Å²) in [4.78, 5) is 24.6. The summed E-state index contributed by atoms with van der Waals surface area (Å²) in [6, 6.07) is -1.20. The summed E-state index contributed by atoms with van der Waals surface area (Å²) in [6.45, 7) is 3.38. The van der Waals surface area contributed by atoms with Crippen LogP contribution in [0.3, 0.4) is 0 Å². The molecule has 1 atom stereocenters. The molecule has 2 amide bonds. The number of carbonyl (C=O) groups is 2. The minimum atomic E-state index is -1.00. The Hall–Kier alpha value is -2.12. The van der Waals surface area contributed by atoms with Crippen molar-refractivity contribution in [1.82, 2.24) is 25.0 Å². The highest BCUT2D eigenvalue weighted by Gasteiger charge is 2.25. The minimum absolute atomic E-state index is 0.351. The molecule has 1 aromatic heterocycles. The third-order valence-corrected chi connectivity index (χ3v) is 3.10. The fraction of sp³-hybridized carbons (Fsp3) is 0.636. The molecule has 0 aliphatic carbocycles. The summed E-state index contributed by atoms with van der Waals surface area (Å²) in [5, 5.41) is 19.2. The van der Waals surface area contributed by atoms with Crippen LogP contribution in [-0.4, -0.2) is 49.4 Å². The predicted octanol–water partition coefficient (Wildman–Crippen LogP) is 0.0566. The summed E-state index contributed by atoms with van der Waals surface area (Å²) in [5.74, 6) is -0.292. The van der Waals surface area contributed by atoms with Gasteiger partial charge in [0.1, 0.15) is 12.4 Å². The third kappa shape index (κ3) is 3.01. The van der Waals surface area contributed by atoms with Crippen molar-refractivity contribution in [2.24, 2.45) is 0 Å². The van der Waals surface area contributed by atoms with E-state index in [0.717, 1.165) is 0 Å². The van der Waals surface area contributed by atoms with E-state index in [1.807, 2.05) is 11.5 Å². The Morgan fingerprint density at radius 1 is 1.53 bits per heavy atom. The Morgan fingerprint density at radius 2 is 2.32 bits per heavy atom. The second kappa shape index (κ2) is 5.68. The summed E-state index contributed by atoms with van der Waals surface area (Å²) in [7, 11) is 0. The first-order chi connectivity index (χ1) is 9.11. The van der Waals surface area contributed by atoms with Gasteiger partial charge in [-0.3, -0.25) is 0 Å². The number of hydrogen-bond donors (Lipinski definition) is 2. The molecule has 1 aliphatic rings. The number of carbonyl (C=O) groups excluding carboxylic acids is 1. The van der Waals surface area contributed by atoms with E-state index in [-0.39, 0.29) is 6.03 Å². The maximum Gasteiger partial charge on any atom is 0.326 e. The Morgan fingerprint density at radius 3 is 3.00 bits per heavy atom. The largest absolute Gasteiger partial charge is 0.480 e. The summed E-state index contributed by atoms with van der Waals surface area (Å²) in [6.07, 6.45) is 2.75. The molecular formula is C11H17N5O3. The topological polar surface area (TPSA) is 100 Å². The van der Waals surface area contributed by atoms with Crippen molar-refractivity contribution in [3.05, 3.63) is 12.2 Å². The molecule has 104 valence electrons. The van der Waals surface area contributed by atoms with E-state index in [2.05, 4.69) is 15.5 Å².